The zero-order chi connectivity index (χ0) is 18.4. The molecule has 7 heteroatoms. The monoisotopic (exact) mass is 344 g/mol. The van der Waals surface area contributed by atoms with E-state index in [9.17, 15) is 14.4 Å². The third-order valence-corrected chi connectivity index (χ3v) is 9.98. The van der Waals surface area contributed by atoms with Crippen molar-refractivity contribution in [3.8, 4) is 0 Å². The van der Waals surface area contributed by atoms with Gasteiger partial charge >= 0.3 is 17.9 Å². The smallest absolute Gasteiger partial charge is 0.334 e. The summed E-state index contributed by atoms with van der Waals surface area (Å²) in [6.45, 7) is 13.1. The Hall–Kier alpha value is -1.63. The maximum atomic E-state index is 12.1. The van der Waals surface area contributed by atoms with E-state index in [2.05, 4.69) is 0 Å². The van der Waals surface area contributed by atoms with Crippen LogP contribution in [0.5, 0.6) is 0 Å². The number of esters is 1. The van der Waals surface area contributed by atoms with Crippen molar-refractivity contribution in [1.29, 1.82) is 0 Å². The third-order valence-electron chi connectivity index (χ3n) is 3.98. The van der Waals surface area contributed by atoms with Crippen LogP contribution in [0.4, 0.5) is 0 Å². The maximum absolute atomic E-state index is 12.1. The van der Waals surface area contributed by atoms with E-state index in [0.29, 0.717) is 0 Å². The fraction of sp³-hybridized carbons (Fsp3) is 0.688. The van der Waals surface area contributed by atoms with Gasteiger partial charge in [0.1, 0.15) is 0 Å². The normalized spacial score (nSPS) is 12.7. The van der Waals surface area contributed by atoms with Gasteiger partial charge in [-0.25, -0.2) is 14.4 Å². The van der Waals surface area contributed by atoms with Crippen LogP contribution in [0.15, 0.2) is 11.6 Å². The summed E-state index contributed by atoms with van der Waals surface area (Å²) < 4.78 is 10.6. The first-order valence-corrected chi connectivity index (χ1v) is 9.89. The highest BCUT2D eigenvalue weighted by molar-refractivity contribution is 6.78. The Morgan fingerprint density at radius 1 is 1.00 bits per heavy atom. The van der Waals surface area contributed by atoms with Gasteiger partial charge in [0.25, 0.3) is 8.32 Å². The largest absolute Gasteiger partial charge is 0.516 e. The van der Waals surface area contributed by atoms with Crippen LogP contribution in [-0.2, 0) is 23.5 Å². The molecule has 0 radical (unpaired) electrons. The standard InChI is InChI=1S/C16H28O6Si/c1-10(2)23(11(3)4,12(5)6)22-15(19)9-21-16(20)13(7)8-14(17)18/h8,10-12H,9H2,1-7H3,(H,17,18)/b13-8-. The van der Waals surface area contributed by atoms with Gasteiger partial charge in [-0.05, 0) is 23.5 Å². The highest BCUT2D eigenvalue weighted by atomic mass is 28.4. The van der Waals surface area contributed by atoms with E-state index in [1.165, 1.54) is 6.92 Å². The lowest BCUT2D eigenvalue weighted by molar-refractivity contribution is -0.151. The average Bonchev–Trinajstić information content (AvgIpc) is 2.39. The molecule has 0 aromatic rings. The van der Waals surface area contributed by atoms with Crippen molar-refractivity contribution in [2.45, 2.75) is 65.1 Å². The van der Waals surface area contributed by atoms with Gasteiger partial charge < -0.3 is 14.3 Å². The molecule has 0 unspecified atom stereocenters. The lowest BCUT2D eigenvalue weighted by Crippen LogP contribution is -2.49. The molecule has 0 aliphatic carbocycles. The zero-order valence-corrected chi connectivity index (χ0v) is 16.0. The molecule has 0 aromatic carbocycles. The Bertz CT molecular complexity index is 457. The van der Waals surface area contributed by atoms with Crippen LogP contribution in [-0.4, -0.2) is 37.9 Å². The number of ether oxygens (including phenoxy) is 1. The van der Waals surface area contributed by atoms with Crippen molar-refractivity contribution < 1.29 is 28.7 Å². The SMILES string of the molecule is C/C(=C/C(=O)O)C(=O)OCC(=O)O[Si](C(C)C)(C(C)C)C(C)C. The Morgan fingerprint density at radius 2 is 1.43 bits per heavy atom. The molecule has 23 heavy (non-hydrogen) atoms. The lowest BCUT2D eigenvalue weighted by Gasteiger charge is -2.41. The molecular weight excluding hydrogens is 316 g/mol. The number of rotatable bonds is 8. The summed E-state index contributed by atoms with van der Waals surface area (Å²) in [5, 5.41) is 8.58. The van der Waals surface area contributed by atoms with E-state index in [0.717, 1.165) is 6.08 Å². The minimum Gasteiger partial charge on any atom is -0.516 e. The fourth-order valence-corrected chi connectivity index (χ4v) is 8.22. The van der Waals surface area contributed by atoms with Crippen LogP contribution >= 0.6 is 0 Å². The molecule has 0 amide bonds. The second kappa shape index (κ2) is 8.86. The maximum Gasteiger partial charge on any atom is 0.334 e. The molecular formula is C16H28O6Si. The average molecular weight is 344 g/mol. The first-order chi connectivity index (χ1) is 10.4. The van der Waals surface area contributed by atoms with E-state index < -0.39 is 32.8 Å². The minimum absolute atomic E-state index is 0.0783. The Labute approximate surface area is 139 Å². The van der Waals surface area contributed by atoms with Gasteiger partial charge in [0.2, 0.25) is 0 Å². The molecule has 0 bridgehead atoms. The van der Waals surface area contributed by atoms with Crippen LogP contribution in [0.1, 0.15) is 48.5 Å². The Kier molecular flexibility index (Phi) is 8.23. The molecule has 0 fully saturated rings. The summed E-state index contributed by atoms with van der Waals surface area (Å²) in [7, 11) is -2.37. The summed E-state index contributed by atoms with van der Waals surface area (Å²) >= 11 is 0. The number of hydrogen-bond acceptors (Lipinski definition) is 5. The van der Waals surface area contributed by atoms with Crippen molar-refractivity contribution in [1.82, 2.24) is 0 Å². The van der Waals surface area contributed by atoms with Crippen molar-refractivity contribution in [3.63, 3.8) is 0 Å². The van der Waals surface area contributed by atoms with Crippen LogP contribution in [0.2, 0.25) is 16.6 Å². The Morgan fingerprint density at radius 3 is 1.78 bits per heavy atom. The van der Waals surface area contributed by atoms with E-state index in [-0.39, 0.29) is 22.2 Å². The minimum atomic E-state index is -2.37. The number of hydrogen-bond donors (Lipinski definition) is 1. The summed E-state index contributed by atoms with van der Waals surface area (Å²) in [4.78, 5) is 34.2. The second-order valence-corrected chi connectivity index (χ2v) is 11.9. The molecule has 0 heterocycles. The van der Waals surface area contributed by atoms with E-state index in [1.54, 1.807) is 0 Å². The molecule has 0 aromatic heterocycles. The zero-order valence-electron chi connectivity index (χ0n) is 15.0. The predicted octanol–water partition coefficient (Wildman–Crippen LogP) is 3.28. The predicted molar refractivity (Wildman–Crippen MR) is 89.5 cm³/mol. The number of carbonyl (C=O) groups excluding carboxylic acids is 2. The highest BCUT2D eigenvalue weighted by Gasteiger charge is 2.48. The third kappa shape index (κ3) is 5.82. The number of carboxylic acids is 1. The first-order valence-electron chi connectivity index (χ1n) is 7.75. The molecule has 6 nitrogen and oxygen atoms in total. The highest BCUT2D eigenvalue weighted by Crippen LogP contribution is 2.42. The summed E-state index contributed by atoms with van der Waals surface area (Å²) in [5.74, 6) is -2.66. The van der Waals surface area contributed by atoms with Gasteiger partial charge in [-0.15, -0.1) is 0 Å². The Balaban J connectivity index is 4.93. The number of aliphatic carboxylic acids is 1. The van der Waals surface area contributed by atoms with Crippen molar-refractivity contribution in [2.75, 3.05) is 6.61 Å². The van der Waals surface area contributed by atoms with E-state index >= 15 is 0 Å². The van der Waals surface area contributed by atoms with Gasteiger partial charge in [-0.1, -0.05) is 41.5 Å². The van der Waals surface area contributed by atoms with Gasteiger partial charge in [-0.3, -0.25) is 0 Å². The van der Waals surface area contributed by atoms with Crippen LogP contribution in [0.25, 0.3) is 0 Å². The molecule has 0 rings (SSSR count). The molecule has 1 N–H and O–H groups in total. The topological polar surface area (TPSA) is 89.9 Å². The first kappa shape index (κ1) is 21.4. The number of carboxylic acid groups (broad SMARTS) is 1. The van der Waals surface area contributed by atoms with Crippen molar-refractivity contribution in [2.24, 2.45) is 0 Å². The van der Waals surface area contributed by atoms with Crippen molar-refractivity contribution >= 4 is 26.2 Å². The van der Waals surface area contributed by atoms with Crippen molar-refractivity contribution in [3.05, 3.63) is 11.6 Å². The van der Waals surface area contributed by atoms with Crippen LogP contribution in [0.3, 0.4) is 0 Å². The van der Waals surface area contributed by atoms with Gasteiger partial charge in [0.15, 0.2) is 6.61 Å². The fourth-order valence-electron chi connectivity index (χ4n) is 3.06. The lowest BCUT2D eigenvalue weighted by atomic mass is 10.3. The molecule has 0 aliphatic rings. The van der Waals surface area contributed by atoms with E-state index in [1.807, 2.05) is 41.5 Å². The quantitative estimate of drug-likeness (QED) is 0.413. The van der Waals surface area contributed by atoms with Gasteiger partial charge in [0, 0.05) is 11.6 Å². The number of carbonyl (C=O) groups is 3. The summed E-state index contributed by atoms with van der Waals surface area (Å²) in [5.41, 5.74) is 0.618. The molecule has 0 saturated heterocycles. The summed E-state index contributed by atoms with van der Waals surface area (Å²) in [6, 6.07) is 0. The van der Waals surface area contributed by atoms with Gasteiger partial charge in [0.05, 0.1) is 0 Å². The molecule has 0 spiro atoms. The molecule has 0 saturated carbocycles. The summed E-state index contributed by atoms with van der Waals surface area (Å²) in [6.07, 6.45) is 0.739. The van der Waals surface area contributed by atoms with Gasteiger partial charge in [-0.2, -0.15) is 0 Å². The molecule has 0 aliphatic heterocycles. The second-order valence-electron chi connectivity index (χ2n) is 6.53. The van der Waals surface area contributed by atoms with E-state index in [4.69, 9.17) is 14.3 Å². The molecule has 132 valence electrons. The van der Waals surface area contributed by atoms with Crippen LogP contribution < -0.4 is 0 Å². The van der Waals surface area contributed by atoms with Crippen LogP contribution in [0, 0.1) is 0 Å². The molecule has 0 atom stereocenters.